The van der Waals surface area contributed by atoms with Gasteiger partial charge in [0.15, 0.2) is 0 Å². The minimum Gasteiger partial charge on any atom is -0.460 e. The maximum absolute atomic E-state index is 13.0. The van der Waals surface area contributed by atoms with E-state index >= 15 is 0 Å². The van der Waals surface area contributed by atoms with Crippen LogP contribution >= 0.6 is 15.9 Å². The van der Waals surface area contributed by atoms with E-state index in [1.54, 1.807) is 7.11 Å². The SMILES string of the molecule is COCCOC(=O)C1=C(C)Nc2nc3ccccc3n2[C@H]1c1cccc(Br)c1. The molecule has 4 rings (SSSR count). The molecule has 28 heavy (non-hydrogen) atoms. The van der Waals surface area contributed by atoms with Crippen molar-refractivity contribution in [2.45, 2.75) is 13.0 Å². The molecule has 7 heteroatoms. The third-order valence-corrected chi connectivity index (χ3v) is 5.23. The summed E-state index contributed by atoms with van der Waals surface area (Å²) in [5.74, 6) is 0.340. The lowest BCUT2D eigenvalue weighted by Gasteiger charge is -2.30. The van der Waals surface area contributed by atoms with Gasteiger partial charge in [-0.25, -0.2) is 9.78 Å². The highest BCUT2D eigenvalue weighted by molar-refractivity contribution is 9.10. The number of hydrogen-bond donors (Lipinski definition) is 1. The zero-order valence-electron chi connectivity index (χ0n) is 15.6. The van der Waals surface area contributed by atoms with E-state index in [0.717, 1.165) is 26.8 Å². The van der Waals surface area contributed by atoms with E-state index < -0.39 is 0 Å². The van der Waals surface area contributed by atoms with E-state index in [1.807, 2.05) is 55.5 Å². The number of halogens is 1. The predicted octanol–water partition coefficient (Wildman–Crippen LogP) is 4.28. The summed E-state index contributed by atoms with van der Waals surface area (Å²) in [5.41, 5.74) is 4.08. The lowest BCUT2D eigenvalue weighted by molar-refractivity contribution is -0.140. The molecule has 0 amide bonds. The minimum absolute atomic E-state index is 0.203. The van der Waals surface area contributed by atoms with Gasteiger partial charge in [0.05, 0.1) is 29.3 Å². The molecular weight excluding hydrogens is 422 g/mol. The molecule has 144 valence electrons. The second kappa shape index (κ2) is 7.77. The number of allylic oxidation sites excluding steroid dienone is 1. The molecule has 0 spiro atoms. The normalized spacial score (nSPS) is 16.0. The Morgan fingerprint density at radius 3 is 2.82 bits per heavy atom. The molecule has 0 radical (unpaired) electrons. The third-order valence-electron chi connectivity index (χ3n) is 4.74. The van der Waals surface area contributed by atoms with Gasteiger partial charge in [-0.3, -0.25) is 4.57 Å². The van der Waals surface area contributed by atoms with Gasteiger partial charge < -0.3 is 14.8 Å². The maximum atomic E-state index is 13.0. The van der Waals surface area contributed by atoms with Crippen molar-refractivity contribution < 1.29 is 14.3 Å². The Labute approximate surface area is 171 Å². The van der Waals surface area contributed by atoms with Gasteiger partial charge in [0, 0.05) is 17.3 Å². The Morgan fingerprint density at radius 1 is 1.21 bits per heavy atom. The van der Waals surface area contributed by atoms with Gasteiger partial charge in [0.1, 0.15) is 6.61 Å². The number of hydrogen-bond acceptors (Lipinski definition) is 5. The molecule has 1 aliphatic rings. The quantitative estimate of drug-likeness (QED) is 0.472. The number of imidazole rings is 1. The standard InChI is InChI=1S/C21H20BrN3O3/c1-13-18(20(26)28-11-10-27-2)19(14-6-5-7-15(22)12-14)25-17-9-4-3-8-16(17)24-21(25)23-13/h3-9,12,19H,10-11H2,1-2H3,(H,23,24)/t19-/m0/s1. The predicted molar refractivity (Wildman–Crippen MR) is 111 cm³/mol. The summed E-state index contributed by atoms with van der Waals surface area (Å²) in [6, 6.07) is 15.5. The second-order valence-electron chi connectivity index (χ2n) is 6.54. The molecule has 0 fully saturated rings. The molecule has 0 unspecified atom stereocenters. The fourth-order valence-electron chi connectivity index (χ4n) is 3.52. The number of esters is 1. The van der Waals surface area contributed by atoms with Crippen LogP contribution in [0.3, 0.4) is 0 Å². The largest absolute Gasteiger partial charge is 0.460 e. The van der Waals surface area contributed by atoms with E-state index in [9.17, 15) is 4.79 Å². The Hall–Kier alpha value is -2.64. The van der Waals surface area contributed by atoms with E-state index in [2.05, 4.69) is 25.8 Å². The molecule has 1 atom stereocenters. The van der Waals surface area contributed by atoms with Crippen molar-refractivity contribution in [3.63, 3.8) is 0 Å². The first kappa shape index (κ1) is 18.7. The van der Waals surface area contributed by atoms with Gasteiger partial charge >= 0.3 is 5.97 Å². The number of carbonyl (C=O) groups excluding carboxylic acids is 1. The van der Waals surface area contributed by atoms with Gasteiger partial charge in [0.2, 0.25) is 5.95 Å². The molecule has 2 heterocycles. The Balaban J connectivity index is 1.88. The number of rotatable bonds is 5. The number of aromatic nitrogens is 2. The lowest BCUT2D eigenvalue weighted by atomic mass is 9.95. The minimum atomic E-state index is -0.365. The topological polar surface area (TPSA) is 65.4 Å². The van der Waals surface area contributed by atoms with E-state index in [-0.39, 0.29) is 18.6 Å². The average molecular weight is 442 g/mol. The average Bonchev–Trinajstić information content (AvgIpc) is 3.04. The fraction of sp³-hybridized carbons (Fsp3) is 0.238. The van der Waals surface area contributed by atoms with Crippen LogP contribution < -0.4 is 5.32 Å². The highest BCUT2D eigenvalue weighted by atomic mass is 79.9. The van der Waals surface area contributed by atoms with Crippen LogP contribution in [0.5, 0.6) is 0 Å². The van der Waals surface area contributed by atoms with Crippen molar-refractivity contribution in [3.05, 3.63) is 69.8 Å². The first-order valence-corrected chi connectivity index (χ1v) is 9.75. The van der Waals surface area contributed by atoms with Crippen LogP contribution in [0.25, 0.3) is 11.0 Å². The van der Waals surface area contributed by atoms with E-state index in [1.165, 1.54) is 0 Å². The number of benzene rings is 2. The summed E-state index contributed by atoms with van der Waals surface area (Å²) in [6.07, 6.45) is 0. The fourth-order valence-corrected chi connectivity index (χ4v) is 3.93. The molecule has 0 aliphatic carbocycles. The van der Waals surface area contributed by atoms with Crippen molar-refractivity contribution in [1.29, 1.82) is 0 Å². The van der Waals surface area contributed by atoms with Crippen molar-refractivity contribution >= 4 is 38.9 Å². The van der Waals surface area contributed by atoms with Crippen molar-refractivity contribution in [2.24, 2.45) is 0 Å². The van der Waals surface area contributed by atoms with E-state index in [0.29, 0.717) is 18.1 Å². The number of carbonyl (C=O) groups is 1. The molecule has 0 saturated heterocycles. The first-order valence-electron chi connectivity index (χ1n) is 8.96. The molecule has 1 aliphatic heterocycles. The smallest absolute Gasteiger partial charge is 0.338 e. The summed E-state index contributed by atoms with van der Waals surface area (Å²) >= 11 is 3.54. The van der Waals surface area contributed by atoms with Crippen LogP contribution in [-0.4, -0.2) is 35.8 Å². The van der Waals surface area contributed by atoms with E-state index in [4.69, 9.17) is 14.5 Å². The van der Waals surface area contributed by atoms with Crippen LogP contribution in [-0.2, 0) is 14.3 Å². The monoisotopic (exact) mass is 441 g/mol. The molecule has 0 bridgehead atoms. The molecule has 6 nitrogen and oxygen atoms in total. The van der Waals surface area contributed by atoms with Crippen LogP contribution in [0.2, 0.25) is 0 Å². The van der Waals surface area contributed by atoms with Crippen molar-refractivity contribution in [1.82, 2.24) is 9.55 Å². The summed E-state index contributed by atoms with van der Waals surface area (Å²) in [7, 11) is 1.58. The van der Waals surface area contributed by atoms with Crippen LogP contribution in [0.1, 0.15) is 18.5 Å². The number of nitrogens with one attached hydrogen (secondary N) is 1. The summed E-state index contributed by atoms with van der Waals surface area (Å²) in [4.78, 5) is 17.7. The second-order valence-corrected chi connectivity index (χ2v) is 7.46. The lowest BCUT2D eigenvalue weighted by Crippen LogP contribution is -2.29. The van der Waals surface area contributed by atoms with Crippen molar-refractivity contribution in [3.8, 4) is 0 Å². The Morgan fingerprint density at radius 2 is 2.04 bits per heavy atom. The number of anilines is 1. The molecule has 1 aromatic heterocycles. The van der Waals surface area contributed by atoms with Gasteiger partial charge in [-0.15, -0.1) is 0 Å². The zero-order valence-corrected chi connectivity index (χ0v) is 17.2. The highest BCUT2D eigenvalue weighted by Gasteiger charge is 2.35. The van der Waals surface area contributed by atoms with Gasteiger partial charge in [-0.2, -0.15) is 0 Å². The number of fused-ring (bicyclic) bond motifs is 3. The maximum Gasteiger partial charge on any atom is 0.338 e. The molecule has 1 N–H and O–H groups in total. The van der Waals surface area contributed by atoms with Gasteiger partial charge in [-0.05, 0) is 36.8 Å². The molecule has 3 aromatic rings. The van der Waals surface area contributed by atoms with Crippen LogP contribution in [0.4, 0.5) is 5.95 Å². The third kappa shape index (κ3) is 3.31. The molecule has 2 aromatic carbocycles. The van der Waals surface area contributed by atoms with Crippen molar-refractivity contribution in [2.75, 3.05) is 25.6 Å². The molecule has 0 saturated carbocycles. The number of para-hydroxylation sites is 2. The summed E-state index contributed by atoms with van der Waals surface area (Å²) in [6.45, 7) is 2.43. The summed E-state index contributed by atoms with van der Waals surface area (Å²) in [5, 5.41) is 3.27. The van der Waals surface area contributed by atoms with Crippen LogP contribution in [0.15, 0.2) is 64.3 Å². The van der Waals surface area contributed by atoms with Gasteiger partial charge in [0.25, 0.3) is 0 Å². The highest BCUT2D eigenvalue weighted by Crippen LogP contribution is 2.40. The van der Waals surface area contributed by atoms with Gasteiger partial charge in [-0.1, -0.05) is 40.2 Å². The number of methoxy groups -OCH3 is 1. The first-order chi connectivity index (χ1) is 13.6. The summed E-state index contributed by atoms with van der Waals surface area (Å²) < 4.78 is 13.5. The Kier molecular flexibility index (Phi) is 5.19. The number of ether oxygens (including phenoxy) is 2. The number of nitrogens with zero attached hydrogens (tertiary/aromatic N) is 2. The van der Waals surface area contributed by atoms with Crippen LogP contribution in [0, 0.1) is 0 Å². The molecular formula is C21H20BrN3O3. The Bertz CT molecular complexity index is 1070. The zero-order chi connectivity index (χ0) is 19.7.